The zero-order valence-electron chi connectivity index (χ0n) is 59.9. The minimum absolute atomic E-state index is 0.0787. The minimum atomic E-state index is -0.422. The number of pyridine rings is 8. The highest BCUT2D eigenvalue weighted by atomic mass is 35.5. The number of ether oxygens (including phenoxy) is 2. The van der Waals surface area contributed by atoms with Crippen molar-refractivity contribution in [3.63, 3.8) is 0 Å². The Morgan fingerprint density at radius 3 is 1.16 bits per heavy atom. The topological polar surface area (TPSA) is 254 Å². The number of carbonyl (C=O) groups excluding carboxylic acids is 2. The molecule has 0 radical (unpaired) electrons. The van der Waals surface area contributed by atoms with Crippen LogP contribution in [0, 0.1) is 23.3 Å². The van der Waals surface area contributed by atoms with Crippen LogP contribution in [0.4, 0.5) is 80.4 Å². The van der Waals surface area contributed by atoms with E-state index in [4.69, 9.17) is 61.6 Å². The van der Waals surface area contributed by atoms with E-state index >= 15 is 0 Å². The Kier molecular flexibility index (Phi) is 24.7. The number of halogens is 8. The van der Waals surface area contributed by atoms with E-state index in [-0.39, 0.29) is 30.1 Å². The summed E-state index contributed by atoms with van der Waals surface area (Å²) in [5, 5.41) is 24.0. The molecular formula is C86H63Cl4F4N15O4. The molecule has 27 heteroatoms. The highest BCUT2D eigenvalue weighted by Crippen LogP contribution is 2.40. The molecule has 0 aliphatic carbocycles. The van der Waals surface area contributed by atoms with Crippen LogP contribution in [0.25, 0.3) is 88.6 Å². The van der Waals surface area contributed by atoms with Gasteiger partial charge in [-0.2, -0.15) is 0 Å². The van der Waals surface area contributed by atoms with Crippen LogP contribution >= 0.6 is 46.4 Å². The Bertz CT molecular complexity index is 6240. The van der Waals surface area contributed by atoms with Crippen molar-refractivity contribution in [2.75, 3.05) is 58.5 Å². The van der Waals surface area contributed by atoms with Gasteiger partial charge in [0.05, 0.1) is 104 Å². The molecule has 562 valence electrons. The number of amides is 2. The van der Waals surface area contributed by atoms with Gasteiger partial charge < -0.3 is 47.1 Å². The Labute approximate surface area is 664 Å². The van der Waals surface area contributed by atoms with E-state index in [1.807, 2.05) is 109 Å². The van der Waals surface area contributed by atoms with Gasteiger partial charge in [0.2, 0.25) is 11.8 Å². The predicted octanol–water partition coefficient (Wildman–Crippen LogP) is 22.5. The van der Waals surface area contributed by atoms with Gasteiger partial charge in [-0.1, -0.05) is 119 Å². The quantitative estimate of drug-likeness (QED) is 0.0418. The van der Waals surface area contributed by atoms with Gasteiger partial charge in [-0.25, -0.2) is 47.5 Å². The molecular weight excluding hydrogens is 1520 g/mol. The molecule has 16 rings (SSSR count). The van der Waals surface area contributed by atoms with E-state index in [1.54, 1.807) is 111 Å². The lowest BCUT2D eigenvalue weighted by Crippen LogP contribution is -2.18. The Balaban J connectivity index is 0.000000132. The minimum Gasteiger partial charge on any atom is -0.493 e. The Morgan fingerprint density at radius 1 is 0.389 bits per heavy atom. The number of hydrogen-bond acceptors (Lipinski definition) is 17. The third-order valence-electron chi connectivity index (χ3n) is 17.0. The van der Waals surface area contributed by atoms with E-state index in [0.717, 1.165) is 66.7 Å². The maximum absolute atomic E-state index is 14.5. The molecule has 8 aromatic heterocycles. The lowest BCUT2D eigenvalue weighted by atomic mass is 10.1. The summed E-state index contributed by atoms with van der Waals surface area (Å²) in [6.45, 7) is 1.34. The van der Waals surface area contributed by atoms with Gasteiger partial charge in [-0.05, 0) is 146 Å². The van der Waals surface area contributed by atoms with Crippen molar-refractivity contribution in [1.29, 1.82) is 0 Å². The summed E-state index contributed by atoms with van der Waals surface area (Å²) in [7, 11) is 3.03. The number of benzene rings is 8. The average molecular weight is 1590 g/mol. The molecule has 0 saturated carbocycles. The van der Waals surface area contributed by atoms with Gasteiger partial charge in [0, 0.05) is 126 Å². The van der Waals surface area contributed by atoms with E-state index < -0.39 is 11.6 Å². The molecule has 2 amide bonds. The second kappa shape index (κ2) is 36.0. The van der Waals surface area contributed by atoms with Gasteiger partial charge >= 0.3 is 0 Å². The summed E-state index contributed by atoms with van der Waals surface area (Å²) in [6, 6.07) is 65.7. The molecule has 0 spiro atoms. The van der Waals surface area contributed by atoms with Crippen LogP contribution in [-0.4, -0.2) is 72.5 Å². The fourth-order valence-electron chi connectivity index (χ4n) is 11.9. The van der Waals surface area contributed by atoms with Gasteiger partial charge in [-0.3, -0.25) is 19.6 Å². The summed E-state index contributed by atoms with van der Waals surface area (Å²) in [4.78, 5) is 57.9. The first-order valence-corrected chi connectivity index (χ1v) is 36.0. The normalized spacial score (nSPS) is 10.8. The van der Waals surface area contributed by atoms with Crippen LogP contribution in [0.5, 0.6) is 5.75 Å². The number of anilines is 11. The average Bonchev–Trinajstić information content (AvgIpc) is 0.798. The molecule has 0 fully saturated rings. The number of rotatable bonds is 17. The van der Waals surface area contributed by atoms with Crippen LogP contribution in [-0.2, 0) is 14.3 Å². The molecule has 0 saturated heterocycles. The smallest absolute Gasteiger partial charge is 0.250 e. The van der Waals surface area contributed by atoms with Gasteiger partial charge in [-0.15, -0.1) is 0 Å². The lowest BCUT2D eigenvalue weighted by molar-refractivity contribution is -0.119. The Morgan fingerprint density at radius 2 is 0.761 bits per heavy atom. The summed E-state index contributed by atoms with van der Waals surface area (Å²) in [5.41, 5.74) is 18.2. The van der Waals surface area contributed by atoms with Crippen LogP contribution < -0.4 is 42.4 Å². The van der Waals surface area contributed by atoms with Crippen LogP contribution in [0.1, 0.15) is 6.92 Å². The Hall–Kier alpha value is -13.4. The number of para-hydroxylation sites is 4. The maximum Gasteiger partial charge on any atom is 0.250 e. The molecule has 8 aromatic carbocycles. The monoisotopic (exact) mass is 1590 g/mol. The highest BCUT2D eigenvalue weighted by molar-refractivity contribution is 6.32. The SMILES string of the molecule is CC(=O)Nc1cc(Nc2cc(-c3cc(Cl)ccc3F)nc3ccccc23)ccn1.COCC(=O)Nc1cnccc1Nc1cc(-c2cc(Cl)ccc2F)nc2ccccc12.COc1cnccc1Nc1cc(-c2cc(Cl)ccc2F)nc2ccccc12.Nc1cc(Nc2cc(-c3cc(Cl)ccc3F)nc3ccccc23)ccn1. The van der Waals surface area contributed by atoms with Crippen LogP contribution in [0.2, 0.25) is 20.1 Å². The van der Waals surface area contributed by atoms with Crippen LogP contribution in [0.15, 0.2) is 268 Å². The second-order valence-corrected chi connectivity index (χ2v) is 26.6. The third-order valence-corrected chi connectivity index (χ3v) is 17.9. The number of nitrogens with two attached hydrogens (primary N) is 1. The maximum atomic E-state index is 14.5. The second-order valence-electron chi connectivity index (χ2n) is 24.8. The first-order chi connectivity index (χ1) is 54.8. The largest absolute Gasteiger partial charge is 0.493 e. The molecule has 16 aromatic rings. The fraction of sp³-hybridized carbons (Fsp3) is 0.0465. The van der Waals surface area contributed by atoms with Crippen molar-refractivity contribution in [2.24, 2.45) is 0 Å². The van der Waals surface area contributed by atoms with Crippen molar-refractivity contribution >= 4 is 165 Å². The van der Waals surface area contributed by atoms with Crippen molar-refractivity contribution in [3.05, 3.63) is 311 Å². The summed E-state index contributed by atoms with van der Waals surface area (Å²) in [6.07, 6.45) is 9.66. The number of methoxy groups -OCH3 is 2. The molecule has 0 aliphatic heterocycles. The van der Waals surface area contributed by atoms with E-state index in [1.165, 1.54) is 68.8 Å². The molecule has 0 unspecified atom stereocenters. The van der Waals surface area contributed by atoms with Crippen molar-refractivity contribution in [1.82, 2.24) is 39.9 Å². The first kappa shape index (κ1) is 77.7. The van der Waals surface area contributed by atoms with Crippen molar-refractivity contribution < 1.29 is 36.6 Å². The van der Waals surface area contributed by atoms with Gasteiger partial charge in [0.1, 0.15) is 41.5 Å². The fourth-order valence-corrected chi connectivity index (χ4v) is 12.6. The zero-order valence-corrected chi connectivity index (χ0v) is 62.9. The van der Waals surface area contributed by atoms with Crippen molar-refractivity contribution in [2.45, 2.75) is 6.92 Å². The number of nitrogens with zero attached hydrogens (tertiary/aromatic N) is 8. The molecule has 19 nitrogen and oxygen atoms in total. The molecule has 8 N–H and O–H groups in total. The number of fused-ring (bicyclic) bond motifs is 4. The standard InChI is InChI=1S/C23H18ClFN4O2.C22H16ClFN4O.C21H15ClFN3O.C20H14ClFN4/c1-31-13-23(30)29-22-12-26-9-8-19(22)28-20-11-21(16-10-14(24)6-7-17(16)25)27-18-5-3-2-4-15(18)20;1-13(29)26-22-11-15(8-9-25-22)27-20-12-21(17-10-14(23)6-7-18(17)24)28-19-5-3-2-4-16(19)20;1-27-21-12-24-9-8-18(21)26-19-11-20(15-10-13(22)6-7-16(15)23)25-17-5-3-2-4-14(17)19;21-12-5-6-16(22)15(9-12)19-11-18(14-3-1-2-4-17(14)26-19)25-13-7-8-24-20(23)10-13/h2-12H,13H2,1H3,(H,29,30)(H,26,27,28);2-12H,1H3,(H2,25,26,27,28,29);2-12H,1H3,(H,24,25,26);1-11H,(H3,23,24,25,26). The summed E-state index contributed by atoms with van der Waals surface area (Å²) >= 11 is 24.2. The van der Waals surface area contributed by atoms with E-state index in [9.17, 15) is 27.2 Å². The first-order valence-electron chi connectivity index (χ1n) is 34.4. The molecule has 0 bridgehead atoms. The third kappa shape index (κ3) is 19.4. The lowest BCUT2D eigenvalue weighted by Gasteiger charge is -2.15. The number of aromatic nitrogens is 8. The number of nitrogen functional groups attached to an aromatic ring is 1. The van der Waals surface area contributed by atoms with E-state index in [2.05, 4.69) is 71.8 Å². The zero-order chi connectivity index (χ0) is 79.1. The number of carbonyl (C=O) groups is 2. The van der Waals surface area contributed by atoms with Crippen molar-refractivity contribution in [3.8, 4) is 50.8 Å². The molecule has 0 aliphatic rings. The van der Waals surface area contributed by atoms with Gasteiger partial charge in [0.25, 0.3) is 0 Å². The summed E-state index contributed by atoms with van der Waals surface area (Å²) in [5.74, 6) is -0.645. The predicted molar refractivity (Wildman–Crippen MR) is 444 cm³/mol. The van der Waals surface area contributed by atoms with Crippen LogP contribution in [0.3, 0.4) is 0 Å². The molecule has 8 heterocycles. The number of nitrogens with one attached hydrogen (secondary N) is 6. The van der Waals surface area contributed by atoms with Gasteiger partial charge in [0.15, 0.2) is 5.75 Å². The summed E-state index contributed by atoms with van der Waals surface area (Å²) < 4.78 is 67.9. The molecule has 0 atom stereocenters. The highest BCUT2D eigenvalue weighted by Gasteiger charge is 2.19. The number of hydrogen-bond donors (Lipinski definition) is 7. The van der Waals surface area contributed by atoms with E-state index in [0.29, 0.717) is 111 Å². The molecule has 113 heavy (non-hydrogen) atoms.